The third-order valence-electron chi connectivity index (χ3n) is 3.00. The van der Waals surface area contributed by atoms with E-state index in [0.717, 1.165) is 17.1 Å². The molecule has 1 aliphatic heterocycles. The second-order valence-electron chi connectivity index (χ2n) is 4.68. The molecule has 0 bridgehead atoms. The number of ether oxygens (including phenoxy) is 2. The van der Waals surface area contributed by atoms with Crippen molar-refractivity contribution in [1.29, 1.82) is 0 Å². The molecule has 0 N–H and O–H groups in total. The van der Waals surface area contributed by atoms with Gasteiger partial charge < -0.3 is 14.4 Å². The predicted octanol–water partition coefficient (Wildman–Crippen LogP) is 2.50. The quantitative estimate of drug-likeness (QED) is 0.824. The first-order valence-electron chi connectivity index (χ1n) is 6.54. The van der Waals surface area contributed by atoms with Gasteiger partial charge in [0.15, 0.2) is 5.60 Å². The van der Waals surface area contributed by atoms with E-state index in [-0.39, 0.29) is 5.91 Å². The van der Waals surface area contributed by atoms with Crippen LogP contribution >= 0.6 is 0 Å². The summed E-state index contributed by atoms with van der Waals surface area (Å²) < 4.78 is 10.9. The number of methoxy groups -OCH3 is 1. The molecule has 106 valence electrons. The lowest BCUT2D eigenvalue weighted by Gasteiger charge is -2.26. The Kier molecular flexibility index (Phi) is 4.81. The van der Waals surface area contributed by atoms with Crippen molar-refractivity contribution in [3.8, 4) is 11.5 Å². The lowest BCUT2D eigenvalue weighted by atomic mass is 9.98. The lowest BCUT2D eigenvalue weighted by Crippen LogP contribution is -2.47. The maximum absolute atomic E-state index is 12.1. The van der Waals surface area contributed by atoms with Gasteiger partial charge in [0.2, 0.25) is 0 Å². The minimum atomic E-state index is -0.793. The molecule has 0 radical (unpaired) electrons. The summed E-state index contributed by atoms with van der Waals surface area (Å²) in [6, 6.07) is 5.65. The van der Waals surface area contributed by atoms with Gasteiger partial charge in [0.1, 0.15) is 11.5 Å². The third kappa shape index (κ3) is 3.00. The van der Waals surface area contributed by atoms with Gasteiger partial charge in [-0.05, 0) is 18.6 Å². The fourth-order valence-corrected chi connectivity index (χ4v) is 2.14. The molecule has 0 saturated heterocycles. The van der Waals surface area contributed by atoms with Gasteiger partial charge >= 0.3 is 0 Å². The lowest BCUT2D eigenvalue weighted by molar-refractivity contribution is -0.142. The van der Waals surface area contributed by atoms with Crippen molar-refractivity contribution in [1.82, 2.24) is 4.90 Å². The van der Waals surface area contributed by atoms with Gasteiger partial charge in [-0.1, -0.05) is 19.9 Å². The topological polar surface area (TPSA) is 38.8 Å². The largest absolute Gasteiger partial charge is 0.497 e. The van der Waals surface area contributed by atoms with Crippen LogP contribution in [-0.4, -0.2) is 37.6 Å². The second-order valence-corrected chi connectivity index (χ2v) is 4.68. The summed E-state index contributed by atoms with van der Waals surface area (Å²) in [5.74, 6) is 1.46. The van der Waals surface area contributed by atoms with Crippen LogP contribution < -0.4 is 9.47 Å². The SMILES string of the molecule is CC.COc1ccc2c(c1)OC(C)(C(=O)N(C)C)C2. The first-order chi connectivity index (χ1) is 8.96. The van der Waals surface area contributed by atoms with Crippen molar-refractivity contribution < 1.29 is 14.3 Å². The van der Waals surface area contributed by atoms with Crippen LogP contribution in [0.4, 0.5) is 0 Å². The summed E-state index contributed by atoms with van der Waals surface area (Å²) in [5, 5.41) is 0. The normalized spacial score (nSPS) is 19.7. The number of amides is 1. The molecule has 1 atom stereocenters. The van der Waals surface area contributed by atoms with E-state index in [0.29, 0.717) is 6.42 Å². The van der Waals surface area contributed by atoms with Crippen LogP contribution in [0.5, 0.6) is 11.5 Å². The monoisotopic (exact) mass is 265 g/mol. The van der Waals surface area contributed by atoms with Crippen LogP contribution in [-0.2, 0) is 11.2 Å². The minimum absolute atomic E-state index is 0.0207. The van der Waals surface area contributed by atoms with E-state index in [2.05, 4.69) is 0 Å². The summed E-state index contributed by atoms with van der Waals surface area (Å²) in [6.45, 7) is 5.82. The molecule has 1 aromatic rings. The number of benzene rings is 1. The predicted molar refractivity (Wildman–Crippen MR) is 75.8 cm³/mol. The highest BCUT2D eigenvalue weighted by Crippen LogP contribution is 2.38. The number of fused-ring (bicyclic) bond motifs is 1. The van der Waals surface area contributed by atoms with E-state index in [4.69, 9.17) is 9.47 Å². The Hall–Kier alpha value is -1.71. The van der Waals surface area contributed by atoms with E-state index in [1.165, 1.54) is 0 Å². The maximum Gasteiger partial charge on any atom is 0.266 e. The molecular formula is C15H23NO3. The zero-order chi connectivity index (χ0) is 14.6. The summed E-state index contributed by atoms with van der Waals surface area (Å²) in [4.78, 5) is 13.6. The Balaban J connectivity index is 0.000000861. The van der Waals surface area contributed by atoms with Crippen molar-refractivity contribution in [2.45, 2.75) is 32.8 Å². The van der Waals surface area contributed by atoms with Gasteiger partial charge in [0.25, 0.3) is 5.91 Å². The summed E-state index contributed by atoms with van der Waals surface area (Å²) in [6.07, 6.45) is 0.601. The molecule has 1 unspecified atom stereocenters. The molecule has 4 nitrogen and oxygen atoms in total. The van der Waals surface area contributed by atoms with Gasteiger partial charge in [-0.2, -0.15) is 0 Å². The highest BCUT2D eigenvalue weighted by atomic mass is 16.5. The Morgan fingerprint density at radius 1 is 1.37 bits per heavy atom. The number of hydrogen-bond donors (Lipinski definition) is 0. The van der Waals surface area contributed by atoms with E-state index in [9.17, 15) is 4.79 Å². The van der Waals surface area contributed by atoms with Crippen molar-refractivity contribution >= 4 is 5.91 Å². The standard InChI is InChI=1S/C13H17NO3.C2H6/c1-13(12(15)14(2)3)8-9-5-6-10(16-4)7-11(9)17-13;1-2/h5-7H,8H2,1-4H3;1-2H3. The first kappa shape index (κ1) is 15.3. The maximum atomic E-state index is 12.1. The Bertz CT molecular complexity index is 457. The van der Waals surface area contributed by atoms with Crippen molar-refractivity contribution in [3.05, 3.63) is 23.8 Å². The van der Waals surface area contributed by atoms with Crippen LogP contribution in [0.3, 0.4) is 0 Å². The Labute approximate surface area is 115 Å². The molecule has 4 heteroatoms. The van der Waals surface area contributed by atoms with Crippen LogP contribution in [0.2, 0.25) is 0 Å². The molecule has 0 aliphatic carbocycles. The molecule has 1 amide bonds. The van der Waals surface area contributed by atoms with Gasteiger partial charge in [0.05, 0.1) is 7.11 Å². The highest BCUT2D eigenvalue weighted by Gasteiger charge is 2.42. The van der Waals surface area contributed by atoms with Gasteiger partial charge in [-0.3, -0.25) is 4.79 Å². The molecule has 2 rings (SSSR count). The zero-order valence-corrected chi connectivity index (χ0v) is 12.6. The van der Waals surface area contributed by atoms with E-state index in [1.807, 2.05) is 39.0 Å². The van der Waals surface area contributed by atoms with Crippen molar-refractivity contribution in [2.24, 2.45) is 0 Å². The van der Waals surface area contributed by atoms with Crippen LogP contribution in [0, 0.1) is 0 Å². The number of hydrogen-bond acceptors (Lipinski definition) is 3. The second kappa shape index (κ2) is 5.95. The number of carbonyl (C=O) groups is 1. The van der Waals surface area contributed by atoms with Crippen molar-refractivity contribution in [3.63, 3.8) is 0 Å². The van der Waals surface area contributed by atoms with Crippen LogP contribution in [0.1, 0.15) is 26.3 Å². The average molecular weight is 265 g/mol. The van der Waals surface area contributed by atoms with Crippen LogP contribution in [0.15, 0.2) is 18.2 Å². The molecule has 19 heavy (non-hydrogen) atoms. The van der Waals surface area contributed by atoms with E-state index in [1.54, 1.807) is 26.1 Å². The first-order valence-corrected chi connectivity index (χ1v) is 6.54. The molecule has 1 heterocycles. The molecule has 1 aromatic carbocycles. The number of likely N-dealkylation sites (N-methyl/N-ethyl adjacent to an activating group) is 1. The summed E-state index contributed by atoms with van der Waals surface area (Å²) in [5.41, 5.74) is 0.251. The molecule has 1 aliphatic rings. The number of nitrogens with zero attached hydrogens (tertiary/aromatic N) is 1. The highest BCUT2D eigenvalue weighted by molar-refractivity contribution is 5.86. The number of rotatable bonds is 2. The molecule has 0 saturated carbocycles. The Morgan fingerprint density at radius 2 is 2.00 bits per heavy atom. The molecule has 0 spiro atoms. The van der Waals surface area contributed by atoms with E-state index >= 15 is 0 Å². The molecule has 0 aromatic heterocycles. The van der Waals surface area contributed by atoms with Gasteiger partial charge in [-0.15, -0.1) is 0 Å². The molecule has 0 fully saturated rings. The van der Waals surface area contributed by atoms with Crippen LogP contribution in [0.25, 0.3) is 0 Å². The fourth-order valence-electron chi connectivity index (χ4n) is 2.14. The fraction of sp³-hybridized carbons (Fsp3) is 0.533. The average Bonchev–Trinajstić information content (AvgIpc) is 2.76. The van der Waals surface area contributed by atoms with Gasteiger partial charge in [0, 0.05) is 26.6 Å². The molecular weight excluding hydrogens is 242 g/mol. The van der Waals surface area contributed by atoms with E-state index < -0.39 is 5.60 Å². The van der Waals surface area contributed by atoms with Crippen molar-refractivity contribution in [2.75, 3.05) is 21.2 Å². The summed E-state index contributed by atoms with van der Waals surface area (Å²) >= 11 is 0. The zero-order valence-electron chi connectivity index (χ0n) is 12.6. The Morgan fingerprint density at radius 3 is 2.53 bits per heavy atom. The van der Waals surface area contributed by atoms with Gasteiger partial charge in [-0.25, -0.2) is 0 Å². The smallest absolute Gasteiger partial charge is 0.266 e. The number of carbonyl (C=O) groups excluding carboxylic acids is 1. The summed E-state index contributed by atoms with van der Waals surface area (Å²) in [7, 11) is 5.09. The third-order valence-corrected chi connectivity index (χ3v) is 3.00. The minimum Gasteiger partial charge on any atom is -0.497 e.